The van der Waals surface area contributed by atoms with Crippen LogP contribution >= 0.6 is 11.3 Å². The second-order valence-corrected chi connectivity index (χ2v) is 7.60. The van der Waals surface area contributed by atoms with Crippen molar-refractivity contribution in [2.24, 2.45) is 11.8 Å². The van der Waals surface area contributed by atoms with E-state index in [1.807, 2.05) is 11.6 Å². The van der Waals surface area contributed by atoms with E-state index in [-0.39, 0.29) is 0 Å². The van der Waals surface area contributed by atoms with Gasteiger partial charge in [0.05, 0.1) is 25.9 Å². The molecular formula is C16H24N2O2S. The number of hydrogen-bond acceptors (Lipinski definition) is 5. The molecule has 2 heterocycles. The van der Waals surface area contributed by atoms with Crippen molar-refractivity contribution in [3.63, 3.8) is 0 Å². The highest BCUT2D eigenvalue weighted by atomic mass is 32.1. The van der Waals surface area contributed by atoms with E-state index in [9.17, 15) is 0 Å². The second kappa shape index (κ2) is 6.32. The molecule has 1 aromatic rings. The van der Waals surface area contributed by atoms with Crippen molar-refractivity contribution in [1.82, 2.24) is 9.88 Å². The van der Waals surface area contributed by atoms with Gasteiger partial charge in [0.15, 0.2) is 0 Å². The van der Waals surface area contributed by atoms with Crippen molar-refractivity contribution in [2.75, 3.05) is 26.3 Å². The van der Waals surface area contributed by atoms with Gasteiger partial charge in [-0.1, -0.05) is 0 Å². The first-order chi connectivity index (χ1) is 10.4. The molecule has 0 radical (unpaired) electrons. The molecular weight excluding hydrogens is 284 g/mol. The Hall–Kier alpha value is -0.490. The molecule has 0 amide bonds. The number of fused-ring (bicyclic) bond motifs is 1. The zero-order chi connectivity index (χ0) is 14.1. The smallest absolute Gasteiger partial charge is 0.118 e. The fraction of sp³-hybridized carbons (Fsp3) is 0.812. The molecule has 4 rings (SSSR count). The topological polar surface area (TPSA) is 34.6 Å². The quantitative estimate of drug-likeness (QED) is 0.809. The largest absolute Gasteiger partial charge is 0.375 e. The minimum Gasteiger partial charge on any atom is -0.375 e. The van der Waals surface area contributed by atoms with Gasteiger partial charge in [-0.25, -0.2) is 4.98 Å². The molecule has 21 heavy (non-hydrogen) atoms. The molecule has 0 spiro atoms. The molecule has 2 saturated carbocycles. The Morgan fingerprint density at radius 3 is 3.10 bits per heavy atom. The van der Waals surface area contributed by atoms with Crippen molar-refractivity contribution < 1.29 is 9.47 Å². The third-order valence-electron chi connectivity index (χ3n) is 5.07. The molecule has 1 aliphatic heterocycles. The van der Waals surface area contributed by atoms with Gasteiger partial charge in [-0.2, -0.15) is 0 Å². The normalized spacial score (nSPS) is 33.2. The molecule has 1 saturated heterocycles. The lowest BCUT2D eigenvalue weighted by molar-refractivity contribution is -0.0876. The standard InChI is InChI=1S/C16H24N2O2S/c1-2-12(1)9-18-6-7-20-16-13(3-4-14(16)18)10-19-11-15-17-5-8-21-15/h5,8,12-14,16H,1-4,6-7,9-11H2/t13-,14-,16+/m0/s1. The summed E-state index contributed by atoms with van der Waals surface area (Å²) in [5.41, 5.74) is 0. The third-order valence-corrected chi connectivity index (χ3v) is 5.82. The van der Waals surface area contributed by atoms with Gasteiger partial charge in [-0.3, -0.25) is 4.90 Å². The number of nitrogens with zero attached hydrogens (tertiary/aromatic N) is 2. The predicted molar refractivity (Wildman–Crippen MR) is 82.3 cm³/mol. The lowest BCUT2D eigenvalue weighted by atomic mass is 10.0. The average molecular weight is 308 g/mol. The Morgan fingerprint density at radius 1 is 1.33 bits per heavy atom. The molecule has 116 valence electrons. The SMILES string of the molecule is c1csc(COC[C@@H]2CC[C@H]3[C@@H]2OCCN3CC2CC2)n1. The summed E-state index contributed by atoms with van der Waals surface area (Å²) < 4.78 is 12.0. The van der Waals surface area contributed by atoms with Gasteiger partial charge >= 0.3 is 0 Å². The number of morpholine rings is 1. The van der Waals surface area contributed by atoms with Crippen LogP contribution in [0.15, 0.2) is 11.6 Å². The van der Waals surface area contributed by atoms with Crippen LogP contribution in [0.25, 0.3) is 0 Å². The summed E-state index contributed by atoms with van der Waals surface area (Å²) in [6.07, 6.45) is 7.64. The Labute approximate surface area is 130 Å². The zero-order valence-corrected chi connectivity index (χ0v) is 13.3. The fourth-order valence-corrected chi connectivity index (χ4v) is 4.35. The first-order valence-corrected chi connectivity index (χ1v) is 9.10. The minimum absolute atomic E-state index is 0.397. The summed E-state index contributed by atoms with van der Waals surface area (Å²) in [6, 6.07) is 0.646. The van der Waals surface area contributed by atoms with Crippen LogP contribution < -0.4 is 0 Å². The van der Waals surface area contributed by atoms with E-state index in [4.69, 9.17) is 9.47 Å². The van der Waals surface area contributed by atoms with Gasteiger partial charge in [-0.05, 0) is 31.6 Å². The van der Waals surface area contributed by atoms with Crippen molar-refractivity contribution >= 4 is 11.3 Å². The summed E-state index contributed by atoms with van der Waals surface area (Å²) >= 11 is 1.67. The van der Waals surface area contributed by atoms with Gasteiger partial charge in [0.25, 0.3) is 0 Å². The number of thiazole rings is 1. The molecule has 0 unspecified atom stereocenters. The molecule has 0 bridgehead atoms. The summed E-state index contributed by atoms with van der Waals surface area (Å²) in [5.74, 6) is 1.54. The zero-order valence-electron chi connectivity index (χ0n) is 12.4. The van der Waals surface area contributed by atoms with Gasteiger partial charge in [-0.15, -0.1) is 11.3 Å². The molecule has 1 aromatic heterocycles. The van der Waals surface area contributed by atoms with Crippen LogP contribution in [-0.2, 0) is 16.1 Å². The molecule has 3 aliphatic rings. The molecule has 2 aliphatic carbocycles. The first kappa shape index (κ1) is 14.1. The van der Waals surface area contributed by atoms with E-state index in [0.29, 0.717) is 24.7 Å². The summed E-state index contributed by atoms with van der Waals surface area (Å²) in [5, 5.41) is 3.08. The Bertz CT molecular complexity index is 449. The summed E-state index contributed by atoms with van der Waals surface area (Å²) in [4.78, 5) is 6.97. The highest BCUT2D eigenvalue weighted by molar-refractivity contribution is 7.09. The van der Waals surface area contributed by atoms with Crippen LogP contribution in [-0.4, -0.2) is 48.3 Å². The van der Waals surface area contributed by atoms with E-state index >= 15 is 0 Å². The predicted octanol–water partition coefficient (Wildman–Crippen LogP) is 2.55. The van der Waals surface area contributed by atoms with Crippen molar-refractivity contribution in [1.29, 1.82) is 0 Å². The van der Waals surface area contributed by atoms with Crippen LogP contribution in [0.5, 0.6) is 0 Å². The number of hydrogen-bond donors (Lipinski definition) is 0. The molecule has 0 N–H and O–H groups in total. The van der Waals surface area contributed by atoms with E-state index in [1.54, 1.807) is 11.3 Å². The fourth-order valence-electron chi connectivity index (χ4n) is 3.80. The van der Waals surface area contributed by atoms with Gasteiger partial charge in [0.2, 0.25) is 0 Å². The van der Waals surface area contributed by atoms with Crippen molar-refractivity contribution in [2.45, 2.75) is 44.4 Å². The molecule has 5 heteroatoms. The van der Waals surface area contributed by atoms with Crippen LogP contribution in [0.3, 0.4) is 0 Å². The minimum atomic E-state index is 0.397. The lowest BCUT2D eigenvalue weighted by Gasteiger charge is -2.39. The van der Waals surface area contributed by atoms with E-state index in [1.165, 1.54) is 32.2 Å². The maximum absolute atomic E-state index is 6.10. The molecule has 0 aromatic carbocycles. The monoisotopic (exact) mass is 308 g/mol. The summed E-state index contributed by atoms with van der Waals surface area (Å²) in [7, 11) is 0. The average Bonchev–Trinajstić information content (AvgIpc) is 3.01. The van der Waals surface area contributed by atoms with Gasteiger partial charge in [0.1, 0.15) is 5.01 Å². The summed E-state index contributed by atoms with van der Waals surface area (Å²) in [6.45, 7) is 4.80. The van der Waals surface area contributed by atoms with Crippen molar-refractivity contribution in [3.8, 4) is 0 Å². The molecule has 3 fully saturated rings. The highest BCUT2D eigenvalue weighted by Gasteiger charge is 2.43. The third kappa shape index (κ3) is 3.31. The lowest BCUT2D eigenvalue weighted by Crippen LogP contribution is -2.51. The Balaban J connectivity index is 1.28. The number of aromatic nitrogens is 1. The molecule has 4 nitrogen and oxygen atoms in total. The Morgan fingerprint density at radius 2 is 2.29 bits per heavy atom. The van der Waals surface area contributed by atoms with E-state index in [0.717, 1.165) is 30.7 Å². The van der Waals surface area contributed by atoms with Crippen molar-refractivity contribution in [3.05, 3.63) is 16.6 Å². The van der Waals surface area contributed by atoms with Crippen LogP contribution in [0.4, 0.5) is 0 Å². The van der Waals surface area contributed by atoms with E-state index < -0.39 is 0 Å². The number of rotatable bonds is 6. The van der Waals surface area contributed by atoms with Gasteiger partial charge < -0.3 is 9.47 Å². The van der Waals surface area contributed by atoms with Crippen LogP contribution in [0, 0.1) is 11.8 Å². The first-order valence-electron chi connectivity index (χ1n) is 8.22. The van der Waals surface area contributed by atoms with Gasteiger partial charge in [0, 0.05) is 36.6 Å². The number of ether oxygens (including phenoxy) is 2. The highest BCUT2D eigenvalue weighted by Crippen LogP contribution is 2.38. The van der Waals surface area contributed by atoms with Crippen LogP contribution in [0.1, 0.15) is 30.7 Å². The van der Waals surface area contributed by atoms with E-state index in [2.05, 4.69) is 9.88 Å². The Kier molecular flexibility index (Phi) is 4.25. The second-order valence-electron chi connectivity index (χ2n) is 6.62. The molecule has 3 atom stereocenters. The van der Waals surface area contributed by atoms with Crippen LogP contribution in [0.2, 0.25) is 0 Å². The maximum Gasteiger partial charge on any atom is 0.118 e. The maximum atomic E-state index is 6.10.